The lowest BCUT2D eigenvalue weighted by atomic mass is 10.2. The van der Waals surface area contributed by atoms with Gasteiger partial charge in [0.2, 0.25) is 11.8 Å². The standard InChI is InChI=1S/C9H14N4O2/c1-10-9-12-11-7(8(14)15)13(9)6-4-2-3-5-6/h6H,2-5H2,1H3,(H,10,12)(H,14,15). The zero-order valence-corrected chi connectivity index (χ0v) is 8.60. The molecule has 0 spiro atoms. The van der Waals surface area contributed by atoms with Gasteiger partial charge in [-0.25, -0.2) is 4.79 Å². The minimum Gasteiger partial charge on any atom is -0.475 e. The van der Waals surface area contributed by atoms with Gasteiger partial charge in [-0.1, -0.05) is 12.8 Å². The lowest BCUT2D eigenvalue weighted by molar-refractivity contribution is 0.0675. The van der Waals surface area contributed by atoms with Crippen molar-refractivity contribution in [3.05, 3.63) is 5.82 Å². The summed E-state index contributed by atoms with van der Waals surface area (Å²) in [6, 6.07) is 0.230. The Kier molecular flexibility index (Phi) is 2.57. The Bertz CT molecular complexity index is 368. The molecule has 1 aromatic heterocycles. The Morgan fingerprint density at radius 2 is 2.13 bits per heavy atom. The van der Waals surface area contributed by atoms with Crippen LogP contribution in [0.25, 0.3) is 0 Å². The van der Waals surface area contributed by atoms with Gasteiger partial charge in [0.25, 0.3) is 0 Å². The van der Waals surface area contributed by atoms with Crippen LogP contribution in [0.5, 0.6) is 0 Å². The van der Waals surface area contributed by atoms with Gasteiger partial charge in [-0.2, -0.15) is 0 Å². The van der Waals surface area contributed by atoms with Crippen LogP contribution in [0.2, 0.25) is 0 Å². The topological polar surface area (TPSA) is 80.0 Å². The van der Waals surface area contributed by atoms with E-state index in [-0.39, 0.29) is 11.9 Å². The SMILES string of the molecule is CNc1nnc(C(=O)O)n1C1CCCC1. The molecule has 0 aromatic carbocycles. The molecule has 0 aliphatic heterocycles. The quantitative estimate of drug-likeness (QED) is 0.781. The molecule has 1 heterocycles. The first-order valence-corrected chi connectivity index (χ1v) is 5.10. The summed E-state index contributed by atoms with van der Waals surface area (Å²) < 4.78 is 1.70. The van der Waals surface area contributed by atoms with E-state index in [1.807, 2.05) is 0 Å². The Morgan fingerprint density at radius 3 is 2.67 bits per heavy atom. The summed E-state index contributed by atoms with van der Waals surface area (Å²) in [5, 5.41) is 19.4. The molecule has 82 valence electrons. The summed E-state index contributed by atoms with van der Waals surface area (Å²) in [7, 11) is 1.72. The number of aromatic carboxylic acids is 1. The highest BCUT2D eigenvalue weighted by Gasteiger charge is 2.26. The van der Waals surface area contributed by atoms with Crippen molar-refractivity contribution in [2.24, 2.45) is 0 Å². The first-order chi connectivity index (χ1) is 7.24. The van der Waals surface area contributed by atoms with Crippen LogP contribution < -0.4 is 5.32 Å². The largest absolute Gasteiger partial charge is 0.475 e. The van der Waals surface area contributed by atoms with Crippen molar-refractivity contribution in [1.29, 1.82) is 0 Å². The highest BCUT2D eigenvalue weighted by molar-refractivity contribution is 5.84. The first-order valence-electron chi connectivity index (χ1n) is 5.10. The second kappa shape index (κ2) is 3.88. The van der Waals surface area contributed by atoms with E-state index < -0.39 is 5.97 Å². The van der Waals surface area contributed by atoms with Crippen LogP contribution in [0.3, 0.4) is 0 Å². The van der Waals surface area contributed by atoms with Crippen LogP contribution in [-0.2, 0) is 0 Å². The van der Waals surface area contributed by atoms with Crippen LogP contribution in [-0.4, -0.2) is 32.9 Å². The smallest absolute Gasteiger partial charge is 0.374 e. The van der Waals surface area contributed by atoms with Crippen LogP contribution in [0.15, 0.2) is 0 Å². The zero-order chi connectivity index (χ0) is 10.8. The van der Waals surface area contributed by atoms with Crippen molar-refractivity contribution in [3.63, 3.8) is 0 Å². The maximum Gasteiger partial charge on any atom is 0.374 e. The van der Waals surface area contributed by atoms with E-state index in [4.69, 9.17) is 5.11 Å². The van der Waals surface area contributed by atoms with Gasteiger partial charge in [0.15, 0.2) is 0 Å². The predicted octanol–water partition coefficient (Wildman–Crippen LogP) is 1.13. The van der Waals surface area contributed by atoms with Gasteiger partial charge in [0, 0.05) is 13.1 Å². The van der Waals surface area contributed by atoms with Gasteiger partial charge in [-0.15, -0.1) is 10.2 Å². The fourth-order valence-electron chi connectivity index (χ4n) is 2.12. The Balaban J connectivity index is 2.39. The molecule has 15 heavy (non-hydrogen) atoms. The van der Waals surface area contributed by atoms with Gasteiger partial charge in [0.05, 0.1) is 0 Å². The van der Waals surface area contributed by atoms with Crippen molar-refractivity contribution < 1.29 is 9.90 Å². The molecule has 0 bridgehead atoms. The number of hydrogen-bond donors (Lipinski definition) is 2. The third-order valence-electron chi connectivity index (χ3n) is 2.80. The number of nitrogens with zero attached hydrogens (tertiary/aromatic N) is 3. The number of rotatable bonds is 3. The molecular formula is C9H14N4O2. The van der Waals surface area contributed by atoms with Crippen LogP contribution in [0.1, 0.15) is 42.3 Å². The number of carboxylic acids is 1. The number of anilines is 1. The van der Waals surface area contributed by atoms with Crippen molar-refractivity contribution in [2.75, 3.05) is 12.4 Å². The van der Waals surface area contributed by atoms with Crippen LogP contribution >= 0.6 is 0 Å². The van der Waals surface area contributed by atoms with E-state index in [2.05, 4.69) is 15.5 Å². The van der Waals surface area contributed by atoms with E-state index in [0.29, 0.717) is 5.95 Å². The molecule has 1 aliphatic rings. The van der Waals surface area contributed by atoms with Gasteiger partial charge in [-0.05, 0) is 12.8 Å². The van der Waals surface area contributed by atoms with Gasteiger partial charge in [0.1, 0.15) is 0 Å². The van der Waals surface area contributed by atoms with Gasteiger partial charge < -0.3 is 10.4 Å². The predicted molar refractivity (Wildman–Crippen MR) is 54.0 cm³/mol. The van der Waals surface area contributed by atoms with Crippen molar-refractivity contribution >= 4 is 11.9 Å². The van der Waals surface area contributed by atoms with Crippen molar-refractivity contribution in [1.82, 2.24) is 14.8 Å². The number of hydrogen-bond acceptors (Lipinski definition) is 4. The summed E-state index contributed by atoms with van der Waals surface area (Å²) >= 11 is 0. The molecule has 0 saturated heterocycles. The second-order valence-electron chi connectivity index (χ2n) is 3.71. The molecule has 0 amide bonds. The summed E-state index contributed by atoms with van der Waals surface area (Å²) in [6.45, 7) is 0. The normalized spacial score (nSPS) is 16.9. The van der Waals surface area contributed by atoms with E-state index >= 15 is 0 Å². The lowest BCUT2D eigenvalue weighted by Crippen LogP contribution is -2.15. The van der Waals surface area contributed by atoms with Crippen molar-refractivity contribution in [3.8, 4) is 0 Å². The zero-order valence-electron chi connectivity index (χ0n) is 8.60. The highest BCUT2D eigenvalue weighted by atomic mass is 16.4. The fraction of sp³-hybridized carbons (Fsp3) is 0.667. The summed E-state index contributed by atoms with van der Waals surface area (Å²) in [5.41, 5.74) is 0. The Labute approximate surface area is 87.3 Å². The van der Waals surface area contributed by atoms with E-state index in [0.717, 1.165) is 25.7 Å². The molecule has 1 fully saturated rings. The van der Waals surface area contributed by atoms with Crippen LogP contribution in [0.4, 0.5) is 5.95 Å². The Hall–Kier alpha value is -1.59. The second-order valence-corrected chi connectivity index (χ2v) is 3.71. The third kappa shape index (κ3) is 1.67. The monoisotopic (exact) mass is 210 g/mol. The maximum atomic E-state index is 11.0. The number of carbonyl (C=O) groups is 1. The minimum atomic E-state index is -1.02. The average molecular weight is 210 g/mol. The molecule has 6 heteroatoms. The van der Waals surface area contributed by atoms with Gasteiger partial charge in [-0.3, -0.25) is 4.57 Å². The van der Waals surface area contributed by atoms with E-state index in [9.17, 15) is 4.79 Å². The molecular weight excluding hydrogens is 196 g/mol. The molecule has 6 nitrogen and oxygen atoms in total. The third-order valence-corrected chi connectivity index (χ3v) is 2.80. The molecule has 0 radical (unpaired) electrons. The number of aromatic nitrogens is 3. The average Bonchev–Trinajstić information content (AvgIpc) is 2.85. The number of carboxylic acid groups (broad SMARTS) is 1. The molecule has 2 N–H and O–H groups in total. The van der Waals surface area contributed by atoms with Crippen LogP contribution in [0, 0.1) is 0 Å². The molecule has 1 aromatic rings. The molecule has 0 unspecified atom stereocenters. The molecule has 1 saturated carbocycles. The summed E-state index contributed by atoms with van der Waals surface area (Å²) in [4.78, 5) is 11.0. The first kappa shape index (κ1) is 9.95. The highest BCUT2D eigenvalue weighted by Crippen LogP contribution is 2.32. The van der Waals surface area contributed by atoms with Gasteiger partial charge >= 0.3 is 5.97 Å². The Morgan fingerprint density at radius 1 is 1.47 bits per heavy atom. The molecule has 2 rings (SSSR count). The molecule has 0 atom stereocenters. The maximum absolute atomic E-state index is 11.0. The van der Waals surface area contributed by atoms with E-state index in [1.165, 1.54) is 0 Å². The summed E-state index contributed by atoms with van der Waals surface area (Å²) in [5.74, 6) is -0.443. The van der Waals surface area contributed by atoms with Crippen molar-refractivity contribution in [2.45, 2.75) is 31.7 Å². The van der Waals surface area contributed by atoms with E-state index in [1.54, 1.807) is 11.6 Å². The fourth-order valence-corrected chi connectivity index (χ4v) is 2.12. The lowest BCUT2D eigenvalue weighted by Gasteiger charge is -2.14. The summed E-state index contributed by atoms with van der Waals surface area (Å²) in [6.07, 6.45) is 4.30. The minimum absolute atomic E-state index is 0.0336. The molecule has 1 aliphatic carbocycles. The number of nitrogens with one attached hydrogen (secondary N) is 1.